The molecule has 1 amide bonds. The lowest BCUT2D eigenvalue weighted by atomic mass is 10.2. The van der Waals surface area contributed by atoms with Crippen LogP contribution in [0, 0.1) is 0 Å². The summed E-state index contributed by atoms with van der Waals surface area (Å²) >= 11 is 0. The lowest BCUT2D eigenvalue weighted by Crippen LogP contribution is -2.33. The van der Waals surface area contributed by atoms with Crippen LogP contribution in [0.25, 0.3) is 0 Å². The molecule has 1 unspecified atom stereocenters. The molecule has 0 aliphatic heterocycles. The third-order valence-corrected chi connectivity index (χ3v) is 2.58. The molecular formula is C13H22N4O6. The van der Waals surface area contributed by atoms with Crippen LogP contribution in [0.1, 0.15) is 37.0 Å². The maximum absolute atomic E-state index is 11.7. The van der Waals surface area contributed by atoms with Gasteiger partial charge in [-0.05, 0) is 20.8 Å². The number of carboxylic acids is 1. The Bertz CT molecular complexity index is 551. The van der Waals surface area contributed by atoms with Gasteiger partial charge in [0.15, 0.2) is 5.69 Å². The van der Waals surface area contributed by atoms with Crippen LogP contribution < -0.4 is 5.32 Å². The van der Waals surface area contributed by atoms with E-state index in [9.17, 15) is 14.7 Å². The van der Waals surface area contributed by atoms with Crippen molar-refractivity contribution in [3.63, 3.8) is 0 Å². The molecule has 0 fully saturated rings. The summed E-state index contributed by atoms with van der Waals surface area (Å²) in [5.74, 6) is -1.28. The van der Waals surface area contributed by atoms with E-state index in [1.54, 1.807) is 20.8 Å². The standard InChI is InChI=1S/C13H22N4O6/c1-13(2,3)23-12(21)14-5-9-10(11(19)20)15-16-17(9)6-8(18)7-22-4/h8,18H,5-7H2,1-4H3,(H,14,21)(H,19,20). The topological polar surface area (TPSA) is 136 Å². The minimum absolute atomic E-state index is 0.0144. The summed E-state index contributed by atoms with van der Waals surface area (Å²) in [6, 6.07) is 0. The van der Waals surface area contributed by atoms with E-state index in [2.05, 4.69) is 15.6 Å². The lowest BCUT2D eigenvalue weighted by Gasteiger charge is -2.20. The molecule has 1 rings (SSSR count). The Morgan fingerprint density at radius 1 is 1.39 bits per heavy atom. The zero-order valence-corrected chi connectivity index (χ0v) is 13.6. The number of aromatic carboxylic acids is 1. The van der Waals surface area contributed by atoms with Crippen molar-refractivity contribution in [1.82, 2.24) is 20.3 Å². The number of aromatic nitrogens is 3. The second kappa shape index (κ2) is 7.88. The Kier molecular flexibility index (Phi) is 6.46. The van der Waals surface area contributed by atoms with Gasteiger partial charge in [0.2, 0.25) is 0 Å². The van der Waals surface area contributed by atoms with E-state index < -0.39 is 23.8 Å². The maximum Gasteiger partial charge on any atom is 0.407 e. The molecule has 10 heteroatoms. The van der Waals surface area contributed by atoms with Crippen LogP contribution >= 0.6 is 0 Å². The van der Waals surface area contributed by atoms with Gasteiger partial charge < -0.3 is 25.0 Å². The number of aliphatic hydroxyl groups is 1. The van der Waals surface area contributed by atoms with Crippen molar-refractivity contribution in [2.24, 2.45) is 0 Å². The number of carbonyl (C=O) groups excluding carboxylic acids is 1. The number of rotatable bonds is 7. The lowest BCUT2D eigenvalue weighted by molar-refractivity contribution is 0.0489. The third-order valence-electron chi connectivity index (χ3n) is 2.58. The second-order valence-corrected chi connectivity index (χ2v) is 5.84. The molecule has 0 spiro atoms. The summed E-state index contributed by atoms with van der Waals surface area (Å²) in [5, 5.41) is 28.5. The molecule has 0 aliphatic carbocycles. The average molecular weight is 330 g/mol. The molecule has 130 valence electrons. The summed E-state index contributed by atoms with van der Waals surface area (Å²) in [6.07, 6.45) is -1.58. The highest BCUT2D eigenvalue weighted by Crippen LogP contribution is 2.09. The number of hydrogen-bond acceptors (Lipinski definition) is 7. The number of alkyl carbamates (subject to hydrolysis) is 1. The summed E-state index contributed by atoms with van der Waals surface area (Å²) < 4.78 is 11.1. The van der Waals surface area contributed by atoms with Crippen LogP contribution in [0.15, 0.2) is 0 Å². The van der Waals surface area contributed by atoms with Crippen molar-refractivity contribution in [2.75, 3.05) is 13.7 Å². The van der Waals surface area contributed by atoms with Crippen molar-refractivity contribution in [3.05, 3.63) is 11.4 Å². The number of carbonyl (C=O) groups is 2. The van der Waals surface area contributed by atoms with Crippen LogP contribution in [-0.2, 0) is 22.6 Å². The quantitative estimate of drug-likeness (QED) is 0.636. The summed E-state index contributed by atoms with van der Waals surface area (Å²) in [5.41, 5.74) is -0.823. The molecule has 1 aromatic heterocycles. The normalized spacial score (nSPS) is 12.7. The first-order chi connectivity index (χ1) is 10.6. The molecule has 23 heavy (non-hydrogen) atoms. The molecular weight excluding hydrogens is 308 g/mol. The second-order valence-electron chi connectivity index (χ2n) is 5.84. The Balaban J connectivity index is 2.83. The number of methoxy groups -OCH3 is 1. The molecule has 1 aromatic rings. The minimum Gasteiger partial charge on any atom is -0.476 e. The Morgan fingerprint density at radius 3 is 2.57 bits per heavy atom. The van der Waals surface area contributed by atoms with Crippen LogP contribution in [-0.4, -0.2) is 62.7 Å². The molecule has 0 aromatic carbocycles. The van der Waals surface area contributed by atoms with Crippen molar-refractivity contribution in [2.45, 2.75) is 45.6 Å². The van der Waals surface area contributed by atoms with E-state index in [1.807, 2.05) is 0 Å². The molecule has 0 bridgehead atoms. The fourth-order valence-electron chi connectivity index (χ4n) is 1.74. The predicted octanol–water partition coefficient (Wildman–Crippen LogP) is 0.00830. The van der Waals surface area contributed by atoms with E-state index in [0.717, 1.165) is 0 Å². The monoisotopic (exact) mass is 330 g/mol. The molecule has 1 atom stereocenters. The number of hydrogen-bond donors (Lipinski definition) is 3. The Hall–Kier alpha value is -2.20. The highest BCUT2D eigenvalue weighted by atomic mass is 16.6. The smallest absolute Gasteiger partial charge is 0.407 e. The van der Waals surface area contributed by atoms with Gasteiger partial charge in [0, 0.05) is 7.11 Å². The highest BCUT2D eigenvalue weighted by molar-refractivity contribution is 5.86. The van der Waals surface area contributed by atoms with E-state index in [0.29, 0.717) is 0 Å². The molecule has 1 heterocycles. The molecule has 3 N–H and O–H groups in total. The number of aliphatic hydroxyl groups excluding tert-OH is 1. The van der Waals surface area contributed by atoms with E-state index >= 15 is 0 Å². The van der Waals surface area contributed by atoms with Crippen LogP contribution in [0.2, 0.25) is 0 Å². The zero-order valence-electron chi connectivity index (χ0n) is 13.6. The fraction of sp³-hybridized carbons (Fsp3) is 0.692. The van der Waals surface area contributed by atoms with Crippen LogP contribution in [0.4, 0.5) is 4.79 Å². The molecule has 0 radical (unpaired) electrons. The average Bonchev–Trinajstić information content (AvgIpc) is 2.77. The van der Waals surface area contributed by atoms with Crippen molar-refractivity contribution in [3.8, 4) is 0 Å². The summed E-state index contributed by atoms with van der Waals surface area (Å²) in [6.45, 7) is 5.02. The van der Waals surface area contributed by atoms with Gasteiger partial charge >= 0.3 is 12.1 Å². The van der Waals surface area contributed by atoms with Gasteiger partial charge in [-0.1, -0.05) is 5.21 Å². The van der Waals surface area contributed by atoms with Gasteiger partial charge in [0.25, 0.3) is 0 Å². The highest BCUT2D eigenvalue weighted by Gasteiger charge is 2.22. The third kappa shape index (κ3) is 6.20. The molecule has 0 saturated heterocycles. The zero-order chi connectivity index (χ0) is 17.6. The first-order valence-electron chi connectivity index (χ1n) is 6.93. The minimum atomic E-state index is -1.28. The van der Waals surface area contributed by atoms with Gasteiger partial charge in [0.1, 0.15) is 5.60 Å². The van der Waals surface area contributed by atoms with Gasteiger partial charge in [-0.15, -0.1) is 5.10 Å². The summed E-state index contributed by atoms with van der Waals surface area (Å²) in [4.78, 5) is 22.8. The number of nitrogens with zero attached hydrogens (tertiary/aromatic N) is 3. The van der Waals surface area contributed by atoms with Crippen molar-refractivity contribution in [1.29, 1.82) is 0 Å². The van der Waals surface area contributed by atoms with Gasteiger partial charge in [-0.3, -0.25) is 0 Å². The van der Waals surface area contributed by atoms with Crippen molar-refractivity contribution < 1.29 is 29.3 Å². The Labute approximate surface area is 133 Å². The Morgan fingerprint density at radius 2 is 2.04 bits per heavy atom. The molecule has 0 saturated carbocycles. The first kappa shape index (κ1) is 18.8. The number of carboxylic acid groups (broad SMARTS) is 1. The SMILES string of the molecule is COCC(O)Cn1nnc(C(=O)O)c1CNC(=O)OC(C)(C)C. The predicted molar refractivity (Wildman–Crippen MR) is 77.9 cm³/mol. The van der Waals surface area contributed by atoms with Crippen molar-refractivity contribution >= 4 is 12.1 Å². The van der Waals surface area contributed by atoms with Gasteiger partial charge in [0.05, 0.1) is 31.5 Å². The van der Waals surface area contributed by atoms with Crippen LogP contribution in [0.5, 0.6) is 0 Å². The van der Waals surface area contributed by atoms with Gasteiger partial charge in [-0.2, -0.15) is 0 Å². The summed E-state index contributed by atoms with van der Waals surface area (Å²) in [7, 11) is 1.43. The maximum atomic E-state index is 11.7. The fourth-order valence-corrected chi connectivity index (χ4v) is 1.74. The first-order valence-corrected chi connectivity index (χ1v) is 6.93. The van der Waals surface area contributed by atoms with E-state index in [1.165, 1.54) is 11.8 Å². The molecule has 0 aliphatic rings. The molecule has 10 nitrogen and oxygen atoms in total. The number of amides is 1. The van der Waals surface area contributed by atoms with E-state index in [-0.39, 0.29) is 31.1 Å². The van der Waals surface area contributed by atoms with E-state index in [4.69, 9.17) is 14.6 Å². The van der Waals surface area contributed by atoms with Crippen LogP contribution in [0.3, 0.4) is 0 Å². The largest absolute Gasteiger partial charge is 0.476 e. The van der Waals surface area contributed by atoms with Gasteiger partial charge in [-0.25, -0.2) is 14.3 Å². The number of ether oxygens (including phenoxy) is 2. The number of nitrogens with one attached hydrogen (secondary N) is 1.